The van der Waals surface area contributed by atoms with Crippen molar-refractivity contribution in [3.05, 3.63) is 82.2 Å². The minimum atomic E-state index is -0.893. The second-order valence-electron chi connectivity index (χ2n) is 5.70. The number of aromatic nitrogens is 2. The van der Waals surface area contributed by atoms with Gasteiger partial charge in [-0.15, -0.1) is 0 Å². The van der Waals surface area contributed by atoms with E-state index in [9.17, 15) is 18.9 Å². The van der Waals surface area contributed by atoms with Crippen LogP contribution in [0.2, 0.25) is 0 Å². The van der Waals surface area contributed by atoms with Gasteiger partial charge in [-0.1, -0.05) is 30.3 Å². The van der Waals surface area contributed by atoms with Crippen LogP contribution in [0, 0.1) is 21.7 Å². The molecule has 0 saturated heterocycles. The summed E-state index contributed by atoms with van der Waals surface area (Å²) < 4.78 is 26.9. The monoisotopic (exact) mass is 371 g/mol. The maximum atomic E-state index is 13.9. The summed E-state index contributed by atoms with van der Waals surface area (Å²) in [6.07, 6.45) is 1.12. The fourth-order valence-electron chi connectivity index (χ4n) is 2.50. The number of halogens is 2. The van der Waals surface area contributed by atoms with E-state index < -0.39 is 22.2 Å². The Kier molecular flexibility index (Phi) is 5.20. The van der Waals surface area contributed by atoms with Gasteiger partial charge in [0.15, 0.2) is 0 Å². The third kappa shape index (κ3) is 4.14. The highest BCUT2D eigenvalue weighted by Gasteiger charge is 2.25. The molecule has 1 unspecified atom stereocenters. The summed E-state index contributed by atoms with van der Waals surface area (Å²) >= 11 is 0. The number of nitro groups is 1. The summed E-state index contributed by atoms with van der Waals surface area (Å²) in [7, 11) is 0. The number of hydrogen-bond acceptors (Lipinski definition) is 6. The van der Waals surface area contributed by atoms with Gasteiger partial charge in [-0.2, -0.15) is 0 Å². The van der Waals surface area contributed by atoms with Gasteiger partial charge in [-0.25, -0.2) is 18.7 Å². The summed E-state index contributed by atoms with van der Waals surface area (Å²) in [6, 6.07) is 11.9. The van der Waals surface area contributed by atoms with Gasteiger partial charge in [0.1, 0.15) is 18.0 Å². The molecule has 0 saturated carbocycles. The molecule has 9 heteroatoms. The van der Waals surface area contributed by atoms with Gasteiger partial charge in [0.05, 0.1) is 16.7 Å². The van der Waals surface area contributed by atoms with E-state index >= 15 is 0 Å². The van der Waals surface area contributed by atoms with Crippen LogP contribution in [0.4, 0.5) is 31.8 Å². The number of anilines is 3. The van der Waals surface area contributed by atoms with Crippen LogP contribution in [-0.2, 0) is 0 Å². The van der Waals surface area contributed by atoms with E-state index in [2.05, 4.69) is 20.6 Å². The quantitative estimate of drug-likeness (QED) is 0.487. The normalized spacial score (nSPS) is 11.7. The van der Waals surface area contributed by atoms with E-state index in [0.717, 1.165) is 24.0 Å². The number of benzene rings is 2. The smallest absolute Gasteiger partial charge is 0.353 e. The molecule has 0 aliphatic carbocycles. The van der Waals surface area contributed by atoms with E-state index in [4.69, 9.17) is 0 Å². The highest BCUT2D eigenvalue weighted by atomic mass is 19.1. The van der Waals surface area contributed by atoms with Crippen molar-refractivity contribution in [3.8, 4) is 0 Å². The molecule has 2 N–H and O–H groups in total. The molecule has 2 aromatic carbocycles. The zero-order chi connectivity index (χ0) is 19.4. The molecule has 3 aromatic rings. The van der Waals surface area contributed by atoms with E-state index in [1.54, 1.807) is 0 Å². The Hall–Kier alpha value is -3.62. The molecule has 27 heavy (non-hydrogen) atoms. The van der Waals surface area contributed by atoms with Gasteiger partial charge < -0.3 is 10.6 Å². The largest absolute Gasteiger partial charge is 0.358 e. The van der Waals surface area contributed by atoms with E-state index in [-0.39, 0.29) is 23.4 Å². The lowest BCUT2D eigenvalue weighted by atomic mass is 10.1. The van der Waals surface area contributed by atoms with Crippen molar-refractivity contribution in [2.45, 2.75) is 13.0 Å². The molecule has 0 amide bonds. The molecule has 0 aliphatic rings. The zero-order valence-corrected chi connectivity index (χ0v) is 14.2. The van der Waals surface area contributed by atoms with Gasteiger partial charge in [0.2, 0.25) is 11.6 Å². The lowest BCUT2D eigenvalue weighted by molar-refractivity contribution is -0.383. The van der Waals surface area contributed by atoms with E-state index in [1.165, 1.54) is 0 Å². The summed E-state index contributed by atoms with van der Waals surface area (Å²) in [6.45, 7) is 1.83. The lowest BCUT2D eigenvalue weighted by Gasteiger charge is -2.16. The first kappa shape index (κ1) is 18.2. The maximum absolute atomic E-state index is 13.9. The maximum Gasteiger partial charge on any atom is 0.353 e. The van der Waals surface area contributed by atoms with Gasteiger partial charge in [0.25, 0.3) is 0 Å². The highest BCUT2D eigenvalue weighted by Crippen LogP contribution is 2.33. The topological polar surface area (TPSA) is 93.0 Å². The fraction of sp³-hybridized carbons (Fsp3) is 0.111. The van der Waals surface area contributed by atoms with Crippen LogP contribution in [-0.4, -0.2) is 14.9 Å². The Bertz CT molecular complexity index is 969. The zero-order valence-electron chi connectivity index (χ0n) is 14.2. The molecule has 1 aromatic heterocycles. The average molecular weight is 371 g/mol. The standard InChI is InChI=1S/C18H15F2N5O2/c1-11(12-5-3-2-4-6-12)23-17-16(25(26)27)18(22-10-21-17)24-15-8-7-13(19)9-14(15)20/h2-11H,1H3,(H2,21,22,23,24). The second kappa shape index (κ2) is 7.73. The molecular weight excluding hydrogens is 356 g/mol. The SMILES string of the molecule is CC(Nc1ncnc(Nc2ccc(F)cc2F)c1[N+](=O)[O-])c1ccccc1. The first-order valence-electron chi connectivity index (χ1n) is 7.98. The first-order valence-corrected chi connectivity index (χ1v) is 7.98. The molecule has 1 heterocycles. The Morgan fingerprint density at radius 2 is 1.78 bits per heavy atom. The van der Waals surface area contributed by atoms with Crippen molar-refractivity contribution < 1.29 is 13.7 Å². The highest BCUT2D eigenvalue weighted by molar-refractivity contribution is 5.74. The molecule has 0 radical (unpaired) electrons. The van der Waals surface area contributed by atoms with E-state index in [1.807, 2.05) is 37.3 Å². The van der Waals surface area contributed by atoms with Gasteiger partial charge >= 0.3 is 5.69 Å². The number of nitrogens with zero attached hydrogens (tertiary/aromatic N) is 3. The lowest BCUT2D eigenvalue weighted by Crippen LogP contribution is -2.12. The van der Waals surface area contributed by atoms with Crippen molar-refractivity contribution >= 4 is 23.0 Å². The molecule has 0 spiro atoms. The van der Waals surface area contributed by atoms with E-state index in [0.29, 0.717) is 6.07 Å². The molecule has 0 bridgehead atoms. The van der Waals surface area contributed by atoms with Gasteiger partial charge in [-0.05, 0) is 24.6 Å². The molecule has 7 nitrogen and oxygen atoms in total. The molecule has 138 valence electrons. The Balaban J connectivity index is 1.94. The average Bonchev–Trinajstić information content (AvgIpc) is 2.64. The first-order chi connectivity index (χ1) is 13.0. The summed E-state index contributed by atoms with van der Waals surface area (Å²) in [4.78, 5) is 18.7. The molecule has 3 rings (SSSR count). The third-order valence-corrected chi connectivity index (χ3v) is 3.84. The number of nitrogens with one attached hydrogen (secondary N) is 2. The summed E-state index contributed by atoms with van der Waals surface area (Å²) in [5.74, 6) is -1.87. The minimum Gasteiger partial charge on any atom is -0.358 e. The van der Waals surface area contributed by atoms with Crippen molar-refractivity contribution in [2.24, 2.45) is 0 Å². The Morgan fingerprint density at radius 3 is 2.44 bits per heavy atom. The van der Waals surface area contributed by atoms with Crippen molar-refractivity contribution in [1.29, 1.82) is 0 Å². The Morgan fingerprint density at radius 1 is 1.07 bits per heavy atom. The van der Waals surface area contributed by atoms with Gasteiger partial charge in [0, 0.05) is 6.07 Å². The molecule has 0 aliphatic heterocycles. The predicted molar refractivity (Wildman–Crippen MR) is 96.8 cm³/mol. The van der Waals surface area contributed by atoms with Crippen LogP contribution in [0.25, 0.3) is 0 Å². The van der Waals surface area contributed by atoms with Crippen LogP contribution in [0.3, 0.4) is 0 Å². The third-order valence-electron chi connectivity index (χ3n) is 3.84. The van der Waals surface area contributed by atoms with Crippen LogP contribution < -0.4 is 10.6 Å². The summed E-state index contributed by atoms with van der Waals surface area (Å²) in [5, 5.41) is 17.1. The molecule has 1 atom stereocenters. The van der Waals surface area contributed by atoms with Crippen LogP contribution in [0.5, 0.6) is 0 Å². The van der Waals surface area contributed by atoms with Gasteiger partial charge in [-0.3, -0.25) is 10.1 Å². The summed E-state index contributed by atoms with van der Waals surface area (Å²) in [5.41, 5.74) is 0.328. The molecule has 0 fully saturated rings. The van der Waals surface area contributed by atoms with Crippen molar-refractivity contribution in [1.82, 2.24) is 9.97 Å². The second-order valence-corrected chi connectivity index (χ2v) is 5.70. The van der Waals surface area contributed by atoms with Crippen LogP contribution >= 0.6 is 0 Å². The van der Waals surface area contributed by atoms with Crippen LogP contribution in [0.15, 0.2) is 54.9 Å². The Labute approximate surface area is 153 Å². The van der Waals surface area contributed by atoms with Crippen molar-refractivity contribution in [2.75, 3.05) is 10.6 Å². The predicted octanol–water partition coefficient (Wildman–Crippen LogP) is 4.58. The molecular formula is C18H15F2N5O2. The number of rotatable bonds is 6. The number of hydrogen-bond donors (Lipinski definition) is 2. The van der Waals surface area contributed by atoms with Crippen LogP contribution in [0.1, 0.15) is 18.5 Å². The van der Waals surface area contributed by atoms with Crippen molar-refractivity contribution in [3.63, 3.8) is 0 Å². The minimum absolute atomic E-state index is 0.0172. The fourth-order valence-corrected chi connectivity index (χ4v) is 2.50.